The van der Waals surface area contributed by atoms with E-state index in [-0.39, 0.29) is 0 Å². The fourth-order valence-electron chi connectivity index (χ4n) is 2.22. The van der Waals surface area contributed by atoms with E-state index in [9.17, 15) is 0 Å². The molecule has 4 heteroatoms. The lowest BCUT2D eigenvalue weighted by atomic mass is 10.1. The van der Waals surface area contributed by atoms with Crippen molar-refractivity contribution in [2.75, 3.05) is 6.54 Å². The Labute approximate surface area is 133 Å². The van der Waals surface area contributed by atoms with Crippen LogP contribution in [0.1, 0.15) is 21.7 Å². The molecule has 0 aliphatic carbocycles. The Morgan fingerprint density at radius 1 is 1.10 bits per heavy atom. The molecule has 0 atom stereocenters. The fraction of sp³-hybridized carbons (Fsp3) is 0.235. The molecule has 0 unspecified atom stereocenters. The van der Waals surface area contributed by atoms with Crippen LogP contribution >= 0.6 is 22.7 Å². The zero-order valence-corrected chi connectivity index (χ0v) is 13.6. The summed E-state index contributed by atoms with van der Waals surface area (Å²) >= 11 is 3.62. The summed E-state index contributed by atoms with van der Waals surface area (Å²) in [6.07, 6.45) is 0.939. The van der Waals surface area contributed by atoms with E-state index in [1.165, 1.54) is 20.3 Å². The van der Waals surface area contributed by atoms with Gasteiger partial charge in [-0.05, 0) is 18.0 Å². The molecule has 1 aromatic carbocycles. The van der Waals surface area contributed by atoms with Gasteiger partial charge in [0.2, 0.25) is 0 Å². The number of thiazole rings is 1. The number of nitrogens with one attached hydrogen (secondary N) is 1. The molecule has 2 heterocycles. The van der Waals surface area contributed by atoms with Crippen LogP contribution in [0.25, 0.3) is 11.3 Å². The van der Waals surface area contributed by atoms with Gasteiger partial charge in [-0.15, -0.1) is 22.7 Å². The van der Waals surface area contributed by atoms with Crippen LogP contribution < -0.4 is 5.32 Å². The highest BCUT2D eigenvalue weighted by Gasteiger charge is 2.13. The molecule has 0 aliphatic rings. The first-order valence-electron chi connectivity index (χ1n) is 7.14. The third-order valence-electron chi connectivity index (χ3n) is 3.23. The molecule has 0 saturated heterocycles. The standard InChI is InChI=1S/C17H18N2S2/c1-2-18-12-15-17(13-7-4-3-5-8-13)19-16(21-15)11-14-9-6-10-20-14/h3-10,18H,2,11-12H2,1H3. The van der Waals surface area contributed by atoms with Gasteiger partial charge in [0.15, 0.2) is 0 Å². The van der Waals surface area contributed by atoms with Gasteiger partial charge in [0, 0.05) is 28.3 Å². The molecular weight excluding hydrogens is 296 g/mol. The van der Waals surface area contributed by atoms with Gasteiger partial charge in [0.25, 0.3) is 0 Å². The van der Waals surface area contributed by atoms with Crippen LogP contribution in [-0.4, -0.2) is 11.5 Å². The van der Waals surface area contributed by atoms with Gasteiger partial charge < -0.3 is 5.32 Å². The summed E-state index contributed by atoms with van der Waals surface area (Å²) in [6.45, 7) is 4.00. The van der Waals surface area contributed by atoms with Crippen molar-refractivity contribution in [3.05, 3.63) is 62.6 Å². The molecule has 3 aromatic rings. The van der Waals surface area contributed by atoms with E-state index >= 15 is 0 Å². The molecule has 108 valence electrons. The minimum Gasteiger partial charge on any atom is -0.312 e. The van der Waals surface area contributed by atoms with E-state index in [0.29, 0.717) is 0 Å². The minimum atomic E-state index is 0.892. The Hall–Kier alpha value is -1.49. The smallest absolute Gasteiger partial charge is 0.0988 e. The van der Waals surface area contributed by atoms with E-state index in [0.717, 1.165) is 25.2 Å². The van der Waals surface area contributed by atoms with Crippen LogP contribution in [0.3, 0.4) is 0 Å². The highest BCUT2D eigenvalue weighted by Crippen LogP contribution is 2.30. The summed E-state index contributed by atoms with van der Waals surface area (Å²) in [6, 6.07) is 14.8. The summed E-state index contributed by atoms with van der Waals surface area (Å²) in [4.78, 5) is 7.60. The van der Waals surface area contributed by atoms with Gasteiger partial charge in [0.1, 0.15) is 0 Å². The number of aromatic nitrogens is 1. The molecule has 3 rings (SSSR count). The number of hydrogen-bond acceptors (Lipinski definition) is 4. The van der Waals surface area contributed by atoms with Crippen molar-refractivity contribution in [1.82, 2.24) is 10.3 Å². The maximum Gasteiger partial charge on any atom is 0.0988 e. The largest absolute Gasteiger partial charge is 0.312 e. The van der Waals surface area contributed by atoms with Crippen LogP contribution in [-0.2, 0) is 13.0 Å². The maximum atomic E-state index is 4.89. The van der Waals surface area contributed by atoms with Crippen molar-refractivity contribution >= 4 is 22.7 Å². The van der Waals surface area contributed by atoms with Gasteiger partial charge in [-0.1, -0.05) is 43.3 Å². The third kappa shape index (κ3) is 3.59. The Morgan fingerprint density at radius 3 is 2.67 bits per heavy atom. The second-order valence-electron chi connectivity index (χ2n) is 4.78. The average molecular weight is 314 g/mol. The van der Waals surface area contributed by atoms with Crippen LogP contribution in [0.2, 0.25) is 0 Å². The maximum absolute atomic E-state index is 4.89. The second kappa shape index (κ2) is 6.98. The van der Waals surface area contributed by atoms with Gasteiger partial charge in [0.05, 0.1) is 10.7 Å². The molecule has 0 bridgehead atoms. The molecule has 0 aliphatic heterocycles. The highest BCUT2D eigenvalue weighted by atomic mass is 32.1. The van der Waals surface area contributed by atoms with Crippen LogP contribution in [0.5, 0.6) is 0 Å². The normalized spacial score (nSPS) is 10.9. The summed E-state index contributed by atoms with van der Waals surface area (Å²) in [5.41, 5.74) is 2.34. The summed E-state index contributed by atoms with van der Waals surface area (Å²) < 4.78 is 0. The number of nitrogens with zero attached hydrogens (tertiary/aromatic N) is 1. The van der Waals surface area contributed by atoms with Crippen LogP contribution in [0.15, 0.2) is 47.8 Å². The zero-order valence-electron chi connectivity index (χ0n) is 12.0. The van der Waals surface area contributed by atoms with E-state index in [4.69, 9.17) is 4.98 Å². The van der Waals surface area contributed by atoms with Crippen molar-refractivity contribution in [1.29, 1.82) is 0 Å². The quantitative estimate of drug-likeness (QED) is 0.721. The fourth-order valence-corrected chi connectivity index (χ4v) is 4.10. The molecule has 0 radical (unpaired) electrons. The third-order valence-corrected chi connectivity index (χ3v) is 5.16. The monoisotopic (exact) mass is 314 g/mol. The van der Waals surface area contributed by atoms with Crippen molar-refractivity contribution in [2.24, 2.45) is 0 Å². The molecule has 2 nitrogen and oxygen atoms in total. The lowest BCUT2D eigenvalue weighted by molar-refractivity contribution is 0.735. The number of rotatable bonds is 6. The summed E-state index contributed by atoms with van der Waals surface area (Å²) in [7, 11) is 0. The molecule has 0 fully saturated rings. The Morgan fingerprint density at radius 2 is 1.95 bits per heavy atom. The molecule has 0 saturated carbocycles. The average Bonchev–Trinajstić information content (AvgIpc) is 3.16. The van der Waals surface area contributed by atoms with Crippen LogP contribution in [0.4, 0.5) is 0 Å². The Kier molecular flexibility index (Phi) is 4.80. The predicted octanol–water partition coefficient (Wildman–Crippen LogP) is 4.57. The summed E-state index contributed by atoms with van der Waals surface area (Å²) in [5.74, 6) is 0. The van der Waals surface area contributed by atoms with Gasteiger partial charge in [-0.2, -0.15) is 0 Å². The second-order valence-corrected chi connectivity index (χ2v) is 6.98. The molecule has 21 heavy (non-hydrogen) atoms. The number of thiophene rings is 1. The van der Waals surface area contributed by atoms with Crippen molar-refractivity contribution in [2.45, 2.75) is 19.9 Å². The van der Waals surface area contributed by atoms with Crippen molar-refractivity contribution in [3.8, 4) is 11.3 Å². The first-order valence-corrected chi connectivity index (χ1v) is 8.83. The first kappa shape index (κ1) is 14.4. The Balaban J connectivity index is 1.91. The van der Waals surface area contributed by atoms with E-state index < -0.39 is 0 Å². The van der Waals surface area contributed by atoms with Crippen LogP contribution in [0, 0.1) is 0 Å². The van der Waals surface area contributed by atoms with Gasteiger partial charge >= 0.3 is 0 Å². The lowest BCUT2D eigenvalue weighted by Crippen LogP contribution is -2.11. The molecule has 1 N–H and O–H groups in total. The van der Waals surface area contributed by atoms with E-state index in [1.807, 2.05) is 17.4 Å². The van der Waals surface area contributed by atoms with Gasteiger partial charge in [-0.25, -0.2) is 4.98 Å². The van der Waals surface area contributed by atoms with Crippen molar-refractivity contribution in [3.63, 3.8) is 0 Å². The topological polar surface area (TPSA) is 24.9 Å². The minimum absolute atomic E-state index is 0.892. The first-order chi connectivity index (χ1) is 10.4. The predicted molar refractivity (Wildman–Crippen MR) is 92.1 cm³/mol. The Bertz CT molecular complexity index is 672. The van der Waals surface area contributed by atoms with Gasteiger partial charge in [-0.3, -0.25) is 0 Å². The highest BCUT2D eigenvalue weighted by molar-refractivity contribution is 7.12. The lowest BCUT2D eigenvalue weighted by Gasteiger charge is -2.02. The van der Waals surface area contributed by atoms with E-state index in [1.54, 1.807) is 11.3 Å². The zero-order chi connectivity index (χ0) is 14.5. The molecule has 0 amide bonds. The molecule has 0 spiro atoms. The molecular formula is C17H18N2S2. The van der Waals surface area contributed by atoms with Crippen molar-refractivity contribution < 1.29 is 0 Å². The molecule has 2 aromatic heterocycles. The SMILES string of the molecule is CCNCc1sc(Cc2cccs2)nc1-c1ccccc1. The van der Waals surface area contributed by atoms with E-state index in [2.05, 4.69) is 54.0 Å². The number of benzene rings is 1. The summed E-state index contributed by atoms with van der Waals surface area (Å²) in [5, 5.41) is 6.74. The number of hydrogen-bond donors (Lipinski definition) is 1.